The van der Waals surface area contributed by atoms with Crippen LogP contribution in [0.1, 0.15) is 31.3 Å². The Morgan fingerprint density at radius 1 is 1.07 bits per heavy atom. The first-order chi connectivity index (χ1) is 13.3. The molecule has 0 spiro atoms. The Kier molecular flexibility index (Phi) is 5.63. The summed E-state index contributed by atoms with van der Waals surface area (Å²) in [5.74, 6) is -0.231. The normalized spacial score (nSPS) is 11.2. The highest BCUT2D eigenvalue weighted by Crippen LogP contribution is 2.24. The maximum Gasteiger partial charge on any atom is 0.407 e. The number of hydrogen-bond acceptors (Lipinski definition) is 4. The van der Waals surface area contributed by atoms with Crippen LogP contribution in [0.25, 0.3) is 22.0 Å². The van der Waals surface area contributed by atoms with E-state index in [-0.39, 0.29) is 12.5 Å². The number of amides is 2. The van der Waals surface area contributed by atoms with Gasteiger partial charge in [-0.3, -0.25) is 9.78 Å². The number of hydrogen-bond donors (Lipinski definition) is 3. The molecule has 7 nitrogen and oxygen atoms in total. The van der Waals surface area contributed by atoms with Crippen LogP contribution in [0, 0.1) is 0 Å². The monoisotopic (exact) mass is 380 g/mol. The Morgan fingerprint density at radius 3 is 2.57 bits per heavy atom. The molecule has 0 bridgehead atoms. The summed E-state index contributed by atoms with van der Waals surface area (Å²) in [6.45, 7) is 5.97. The van der Waals surface area contributed by atoms with Crippen molar-refractivity contribution in [3.05, 3.63) is 54.5 Å². The van der Waals surface area contributed by atoms with E-state index in [1.807, 2.05) is 30.3 Å². The first kappa shape index (κ1) is 19.4. The average molecular weight is 380 g/mol. The number of fused-ring (bicyclic) bond motifs is 1. The molecule has 0 fully saturated rings. The van der Waals surface area contributed by atoms with Gasteiger partial charge in [-0.05, 0) is 44.5 Å². The fourth-order valence-corrected chi connectivity index (χ4v) is 2.71. The van der Waals surface area contributed by atoms with Crippen LogP contribution >= 0.6 is 0 Å². The fourth-order valence-electron chi connectivity index (χ4n) is 2.71. The number of aromatic nitrogens is 2. The van der Waals surface area contributed by atoms with Crippen molar-refractivity contribution in [2.75, 3.05) is 13.1 Å². The summed E-state index contributed by atoms with van der Waals surface area (Å²) in [5, 5.41) is 6.33. The van der Waals surface area contributed by atoms with Crippen LogP contribution in [0.15, 0.2) is 48.8 Å². The number of carbonyl (C=O) groups is 2. The predicted octanol–water partition coefficient (Wildman–Crippen LogP) is 3.48. The maximum absolute atomic E-state index is 12.3. The summed E-state index contributed by atoms with van der Waals surface area (Å²) < 4.78 is 5.14. The molecule has 28 heavy (non-hydrogen) atoms. The zero-order valence-corrected chi connectivity index (χ0v) is 16.2. The van der Waals surface area contributed by atoms with Gasteiger partial charge in [-0.1, -0.05) is 18.2 Å². The highest BCUT2D eigenvalue weighted by molar-refractivity contribution is 5.98. The minimum absolute atomic E-state index is 0.231. The van der Waals surface area contributed by atoms with Crippen molar-refractivity contribution in [1.29, 1.82) is 0 Å². The van der Waals surface area contributed by atoms with Gasteiger partial charge in [0.15, 0.2) is 0 Å². The molecule has 146 valence electrons. The molecule has 0 unspecified atom stereocenters. The van der Waals surface area contributed by atoms with E-state index in [0.717, 1.165) is 22.0 Å². The first-order valence-corrected chi connectivity index (χ1v) is 9.10. The van der Waals surface area contributed by atoms with Crippen molar-refractivity contribution >= 4 is 22.9 Å². The average Bonchev–Trinajstić information content (AvgIpc) is 3.08. The van der Waals surface area contributed by atoms with E-state index >= 15 is 0 Å². The Bertz CT molecular complexity index is 974. The molecule has 0 aliphatic heterocycles. The lowest BCUT2D eigenvalue weighted by Gasteiger charge is -2.19. The highest BCUT2D eigenvalue weighted by Gasteiger charge is 2.15. The quantitative estimate of drug-likeness (QED) is 0.591. The zero-order valence-electron chi connectivity index (χ0n) is 16.2. The second kappa shape index (κ2) is 8.12. The molecule has 2 amide bonds. The van der Waals surface area contributed by atoms with Crippen LogP contribution in [0.5, 0.6) is 0 Å². The van der Waals surface area contributed by atoms with Gasteiger partial charge >= 0.3 is 6.09 Å². The Labute approximate surface area is 163 Å². The molecule has 7 heteroatoms. The molecule has 0 radical (unpaired) electrons. The standard InChI is InChI=1S/C21H24N4O3/c1-21(2,3)28-20(27)24-10-9-23-19(26)18-12-15-7-6-14(11-17(15)25-18)16-5-4-8-22-13-16/h4-8,11-13,25H,9-10H2,1-3H3,(H,23,26)(H,24,27). The van der Waals surface area contributed by atoms with E-state index in [0.29, 0.717) is 12.2 Å². The molecule has 3 N–H and O–H groups in total. The molecule has 3 rings (SSSR count). The van der Waals surface area contributed by atoms with Gasteiger partial charge in [-0.15, -0.1) is 0 Å². The lowest BCUT2D eigenvalue weighted by molar-refractivity contribution is 0.0526. The highest BCUT2D eigenvalue weighted by atomic mass is 16.6. The van der Waals surface area contributed by atoms with Gasteiger partial charge in [-0.25, -0.2) is 4.79 Å². The third-order valence-electron chi connectivity index (χ3n) is 3.94. The van der Waals surface area contributed by atoms with Crippen molar-refractivity contribution in [3.63, 3.8) is 0 Å². The molecule has 2 heterocycles. The van der Waals surface area contributed by atoms with E-state index in [9.17, 15) is 9.59 Å². The summed E-state index contributed by atoms with van der Waals surface area (Å²) in [6.07, 6.45) is 3.03. The number of carbonyl (C=O) groups excluding carboxylic acids is 2. The van der Waals surface area contributed by atoms with Gasteiger partial charge in [0, 0.05) is 41.9 Å². The number of H-pyrrole nitrogens is 1. The molecule has 0 aliphatic carbocycles. The molecule has 0 saturated heterocycles. The van der Waals surface area contributed by atoms with E-state index in [2.05, 4.69) is 20.6 Å². The van der Waals surface area contributed by atoms with Crippen LogP contribution < -0.4 is 10.6 Å². The number of aromatic amines is 1. The van der Waals surface area contributed by atoms with Gasteiger partial charge in [0.2, 0.25) is 0 Å². The molecule has 0 aliphatic rings. The van der Waals surface area contributed by atoms with E-state index in [1.54, 1.807) is 39.2 Å². The SMILES string of the molecule is CC(C)(C)OC(=O)NCCNC(=O)c1cc2ccc(-c3cccnc3)cc2[nH]1. The van der Waals surface area contributed by atoms with Gasteiger partial charge in [0.1, 0.15) is 11.3 Å². The molecular formula is C21H24N4O3. The predicted molar refractivity (Wildman–Crippen MR) is 108 cm³/mol. The minimum atomic E-state index is -0.549. The largest absolute Gasteiger partial charge is 0.444 e. The second-order valence-electron chi connectivity index (χ2n) is 7.41. The van der Waals surface area contributed by atoms with Crippen LogP contribution in [0.3, 0.4) is 0 Å². The summed E-state index contributed by atoms with van der Waals surface area (Å²) in [7, 11) is 0. The third-order valence-corrected chi connectivity index (χ3v) is 3.94. The van der Waals surface area contributed by atoms with E-state index in [4.69, 9.17) is 4.74 Å². The second-order valence-corrected chi connectivity index (χ2v) is 7.41. The van der Waals surface area contributed by atoms with Crippen molar-refractivity contribution in [2.24, 2.45) is 0 Å². The number of ether oxygens (including phenoxy) is 1. The summed E-state index contributed by atoms with van der Waals surface area (Å²) in [4.78, 5) is 31.2. The molecule has 3 aromatic rings. The smallest absolute Gasteiger partial charge is 0.407 e. The molecule has 0 atom stereocenters. The van der Waals surface area contributed by atoms with E-state index in [1.165, 1.54) is 0 Å². The van der Waals surface area contributed by atoms with Crippen LogP contribution in [0.4, 0.5) is 4.79 Å². The number of nitrogens with one attached hydrogen (secondary N) is 3. The Morgan fingerprint density at radius 2 is 1.86 bits per heavy atom. The van der Waals surface area contributed by atoms with Crippen LogP contribution in [-0.4, -0.2) is 40.7 Å². The number of benzene rings is 1. The Balaban J connectivity index is 1.58. The molecule has 1 aromatic carbocycles. The van der Waals surface area contributed by atoms with Gasteiger partial charge < -0.3 is 20.4 Å². The first-order valence-electron chi connectivity index (χ1n) is 9.10. The van der Waals surface area contributed by atoms with Crippen molar-refractivity contribution in [2.45, 2.75) is 26.4 Å². The van der Waals surface area contributed by atoms with E-state index < -0.39 is 11.7 Å². The summed E-state index contributed by atoms with van der Waals surface area (Å²) >= 11 is 0. The third kappa shape index (κ3) is 5.09. The molecule has 2 aromatic heterocycles. The van der Waals surface area contributed by atoms with Crippen molar-refractivity contribution in [1.82, 2.24) is 20.6 Å². The van der Waals surface area contributed by atoms with Gasteiger partial charge in [0.05, 0.1) is 0 Å². The van der Waals surface area contributed by atoms with Gasteiger partial charge in [-0.2, -0.15) is 0 Å². The Hall–Kier alpha value is -3.35. The molecular weight excluding hydrogens is 356 g/mol. The van der Waals surface area contributed by atoms with Gasteiger partial charge in [0.25, 0.3) is 5.91 Å². The fraction of sp³-hybridized carbons (Fsp3) is 0.286. The summed E-state index contributed by atoms with van der Waals surface area (Å²) in [6, 6.07) is 11.6. The van der Waals surface area contributed by atoms with Crippen LogP contribution in [-0.2, 0) is 4.74 Å². The lowest BCUT2D eigenvalue weighted by Crippen LogP contribution is -2.37. The number of nitrogens with zero attached hydrogens (tertiary/aromatic N) is 1. The number of pyridine rings is 1. The topological polar surface area (TPSA) is 96.1 Å². The number of rotatable bonds is 5. The summed E-state index contributed by atoms with van der Waals surface area (Å²) in [5.41, 5.74) is 2.83. The van der Waals surface area contributed by atoms with Crippen molar-refractivity contribution < 1.29 is 14.3 Å². The maximum atomic E-state index is 12.3. The zero-order chi connectivity index (χ0) is 20.1. The number of alkyl carbamates (subject to hydrolysis) is 1. The van der Waals surface area contributed by atoms with Crippen molar-refractivity contribution in [3.8, 4) is 11.1 Å². The van der Waals surface area contributed by atoms with Crippen LogP contribution in [0.2, 0.25) is 0 Å². The lowest BCUT2D eigenvalue weighted by atomic mass is 10.1. The minimum Gasteiger partial charge on any atom is -0.444 e. The molecule has 0 saturated carbocycles.